The van der Waals surface area contributed by atoms with Crippen molar-refractivity contribution in [2.24, 2.45) is 0 Å². The Balaban J connectivity index is 3.08. The molecule has 0 radical (unpaired) electrons. The Morgan fingerprint density at radius 2 is 2.06 bits per heavy atom. The van der Waals surface area contributed by atoms with Gasteiger partial charge in [-0.25, -0.2) is 0 Å². The number of allylic oxidation sites excluding steroid dienone is 1. The van der Waals surface area contributed by atoms with Crippen LogP contribution < -0.4 is 0 Å². The first-order valence-corrected chi connectivity index (χ1v) is 5.86. The van der Waals surface area contributed by atoms with Crippen LogP contribution in [0.1, 0.15) is 54.6 Å². The molecule has 0 saturated carbocycles. The van der Waals surface area contributed by atoms with Crippen molar-refractivity contribution in [3.8, 4) is 0 Å². The first kappa shape index (κ1) is 12.7. The minimum Gasteiger partial charge on any atom is -0.294 e. The first-order valence-electron chi connectivity index (χ1n) is 5.86. The summed E-state index contributed by atoms with van der Waals surface area (Å²) in [4.78, 5) is 12.0. The number of carbonyl (C=O) groups is 1. The van der Waals surface area contributed by atoms with Gasteiger partial charge in [-0.2, -0.15) is 0 Å². The van der Waals surface area contributed by atoms with E-state index in [1.807, 2.05) is 32.0 Å². The van der Waals surface area contributed by atoms with E-state index in [0.29, 0.717) is 6.42 Å². The van der Waals surface area contributed by atoms with Crippen LogP contribution in [-0.4, -0.2) is 5.78 Å². The van der Waals surface area contributed by atoms with E-state index in [2.05, 4.69) is 13.5 Å². The third kappa shape index (κ3) is 2.82. The Kier molecular flexibility index (Phi) is 4.48. The van der Waals surface area contributed by atoms with E-state index in [1.165, 1.54) is 0 Å². The molecule has 0 atom stereocenters. The Hall–Kier alpha value is -1.37. The topological polar surface area (TPSA) is 17.1 Å². The van der Waals surface area contributed by atoms with Gasteiger partial charge in [0, 0.05) is 12.0 Å². The molecule has 0 aliphatic rings. The van der Waals surface area contributed by atoms with E-state index in [4.69, 9.17) is 0 Å². The second kappa shape index (κ2) is 5.64. The maximum Gasteiger partial charge on any atom is 0.163 e. The van der Waals surface area contributed by atoms with Crippen LogP contribution >= 0.6 is 0 Å². The molecule has 0 heterocycles. The molecule has 1 aromatic rings. The minimum atomic E-state index is 0.239. The van der Waals surface area contributed by atoms with Crippen molar-refractivity contribution in [3.05, 3.63) is 41.5 Å². The molecule has 0 spiro atoms. The summed E-state index contributed by atoms with van der Waals surface area (Å²) < 4.78 is 0. The summed E-state index contributed by atoms with van der Waals surface area (Å²) >= 11 is 0. The predicted molar refractivity (Wildman–Crippen MR) is 69.7 cm³/mol. The van der Waals surface area contributed by atoms with Gasteiger partial charge in [0.1, 0.15) is 0 Å². The number of carbonyl (C=O) groups excluding carboxylic acids is 1. The van der Waals surface area contributed by atoms with E-state index < -0.39 is 0 Å². The Morgan fingerprint density at radius 3 is 2.62 bits per heavy atom. The normalized spacial score (nSPS) is 10.2. The Bertz CT molecular complexity index is 402. The van der Waals surface area contributed by atoms with Crippen LogP contribution in [0.5, 0.6) is 0 Å². The second-order valence-electron chi connectivity index (χ2n) is 4.30. The lowest BCUT2D eigenvalue weighted by Gasteiger charge is -2.11. The van der Waals surface area contributed by atoms with Crippen LogP contribution in [-0.2, 0) is 0 Å². The SMILES string of the molecule is C=C(C)c1c(C)cccc1C(=O)CCCC. The molecule has 0 aliphatic heterocycles. The molecule has 1 heteroatoms. The van der Waals surface area contributed by atoms with Crippen molar-refractivity contribution in [1.82, 2.24) is 0 Å². The molecule has 0 unspecified atom stereocenters. The molecule has 0 N–H and O–H groups in total. The van der Waals surface area contributed by atoms with Gasteiger partial charge in [-0.1, -0.05) is 43.7 Å². The largest absolute Gasteiger partial charge is 0.294 e. The van der Waals surface area contributed by atoms with Gasteiger partial charge < -0.3 is 0 Å². The van der Waals surface area contributed by atoms with Crippen molar-refractivity contribution < 1.29 is 4.79 Å². The third-order valence-electron chi connectivity index (χ3n) is 2.76. The number of unbranched alkanes of at least 4 members (excludes halogenated alkanes) is 1. The highest BCUT2D eigenvalue weighted by Crippen LogP contribution is 2.23. The fraction of sp³-hybridized carbons (Fsp3) is 0.400. The molecule has 1 aromatic carbocycles. The average molecular weight is 216 g/mol. The third-order valence-corrected chi connectivity index (χ3v) is 2.76. The monoisotopic (exact) mass is 216 g/mol. The summed E-state index contributed by atoms with van der Waals surface area (Å²) in [5, 5.41) is 0. The molecule has 0 aromatic heterocycles. The molecule has 16 heavy (non-hydrogen) atoms. The number of hydrogen-bond donors (Lipinski definition) is 0. The van der Waals surface area contributed by atoms with E-state index >= 15 is 0 Å². The molecule has 0 aliphatic carbocycles. The Labute approximate surface area is 98.2 Å². The van der Waals surface area contributed by atoms with Crippen LogP contribution in [0.4, 0.5) is 0 Å². The van der Waals surface area contributed by atoms with E-state index in [-0.39, 0.29) is 5.78 Å². The van der Waals surface area contributed by atoms with Crippen LogP contribution in [0.3, 0.4) is 0 Å². The van der Waals surface area contributed by atoms with Crippen LogP contribution in [0.2, 0.25) is 0 Å². The molecule has 1 nitrogen and oxygen atoms in total. The fourth-order valence-electron chi connectivity index (χ4n) is 1.94. The maximum absolute atomic E-state index is 12.0. The predicted octanol–water partition coefficient (Wildman–Crippen LogP) is 4.40. The van der Waals surface area contributed by atoms with Gasteiger partial charge in [0.2, 0.25) is 0 Å². The highest BCUT2D eigenvalue weighted by atomic mass is 16.1. The zero-order valence-electron chi connectivity index (χ0n) is 10.5. The van der Waals surface area contributed by atoms with Gasteiger partial charge in [-0.05, 0) is 31.4 Å². The van der Waals surface area contributed by atoms with E-state index in [9.17, 15) is 4.79 Å². The molecular weight excluding hydrogens is 196 g/mol. The highest BCUT2D eigenvalue weighted by Gasteiger charge is 2.12. The van der Waals surface area contributed by atoms with Crippen LogP contribution in [0, 0.1) is 6.92 Å². The first-order chi connectivity index (χ1) is 7.57. The summed E-state index contributed by atoms with van der Waals surface area (Å²) in [7, 11) is 0. The minimum absolute atomic E-state index is 0.239. The van der Waals surface area contributed by atoms with Gasteiger partial charge in [-0.3, -0.25) is 4.79 Å². The molecular formula is C15H20O. The molecule has 1 rings (SSSR count). The van der Waals surface area contributed by atoms with Crippen molar-refractivity contribution in [1.29, 1.82) is 0 Å². The van der Waals surface area contributed by atoms with Gasteiger partial charge in [0.25, 0.3) is 0 Å². The quantitative estimate of drug-likeness (QED) is 0.667. The van der Waals surface area contributed by atoms with Crippen molar-refractivity contribution in [3.63, 3.8) is 0 Å². The molecule has 0 bridgehead atoms. The summed E-state index contributed by atoms with van der Waals surface area (Å²) in [5.41, 5.74) is 3.97. The number of benzene rings is 1. The van der Waals surface area contributed by atoms with E-state index in [0.717, 1.165) is 35.1 Å². The van der Waals surface area contributed by atoms with Crippen molar-refractivity contribution in [2.45, 2.75) is 40.0 Å². The maximum atomic E-state index is 12.0. The molecule has 0 saturated heterocycles. The smallest absolute Gasteiger partial charge is 0.163 e. The van der Waals surface area contributed by atoms with Gasteiger partial charge in [-0.15, -0.1) is 0 Å². The van der Waals surface area contributed by atoms with Crippen molar-refractivity contribution in [2.75, 3.05) is 0 Å². The van der Waals surface area contributed by atoms with Crippen LogP contribution in [0.25, 0.3) is 5.57 Å². The highest BCUT2D eigenvalue weighted by molar-refractivity contribution is 6.00. The van der Waals surface area contributed by atoms with Crippen LogP contribution in [0.15, 0.2) is 24.8 Å². The lowest BCUT2D eigenvalue weighted by molar-refractivity contribution is 0.0979. The molecule has 0 amide bonds. The summed E-state index contributed by atoms with van der Waals surface area (Å²) in [5.74, 6) is 0.239. The standard InChI is InChI=1S/C15H20O/c1-5-6-10-14(16)13-9-7-8-12(4)15(13)11(2)3/h7-9H,2,5-6,10H2,1,3-4H3. The Morgan fingerprint density at radius 1 is 1.38 bits per heavy atom. The lowest BCUT2D eigenvalue weighted by Crippen LogP contribution is -2.04. The summed E-state index contributed by atoms with van der Waals surface area (Å²) in [6.45, 7) is 10.0. The molecule has 0 fully saturated rings. The number of ketones is 1. The summed E-state index contributed by atoms with van der Waals surface area (Å²) in [6, 6.07) is 5.89. The number of aryl methyl sites for hydroxylation is 1. The van der Waals surface area contributed by atoms with Gasteiger partial charge >= 0.3 is 0 Å². The average Bonchev–Trinajstić information content (AvgIpc) is 2.24. The van der Waals surface area contributed by atoms with Gasteiger partial charge in [0.15, 0.2) is 5.78 Å². The zero-order valence-corrected chi connectivity index (χ0v) is 10.5. The van der Waals surface area contributed by atoms with E-state index in [1.54, 1.807) is 0 Å². The summed E-state index contributed by atoms with van der Waals surface area (Å²) in [6.07, 6.45) is 2.66. The van der Waals surface area contributed by atoms with Crippen molar-refractivity contribution >= 4 is 11.4 Å². The number of Topliss-reactive ketones (excluding diaryl/α,β-unsaturated/α-hetero) is 1. The number of hydrogen-bond acceptors (Lipinski definition) is 1. The second-order valence-corrected chi connectivity index (χ2v) is 4.30. The lowest BCUT2D eigenvalue weighted by atomic mass is 9.92. The zero-order chi connectivity index (χ0) is 12.1. The molecule has 86 valence electrons. The number of rotatable bonds is 5. The van der Waals surface area contributed by atoms with Gasteiger partial charge in [0.05, 0.1) is 0 Å². The fourth-order valence-corrected chi connectivity index (χ4v) is 1.94.